The summed E-state index contributed by atoms with van der Waals surface area (Å²) in [5.41, 5.74) is 0. The number of hydrogen-bond donors (Lipinski definition) is 0. The van der Waals surface area contributed by atoms with Crippen molar-refractivity contribution < 1.29 is 19.1 Å². The highest BCUT2D eigenvalue weighted by atomic mass is 16.5. The number of ether oxygens (including phenoxy) is 1. The predicted molar refractivity (Wildman–Crippen MR) is 67.9 cm³/mol. The van der Waals surface area contributed by atoms with Crippen LogP contribution in [0.2, 0.25) is 0 Å². The van der Waals surface area contributed by atoms with E-state index in [1.165, 1.54) is 0 Å². The lowest BCUT2D eigenvalue weighted by Gasteiger charge is -2.17. The molecule has 0 radical (unpaired) electrons. The van der Waals surface area contributed by atoms with Crippen LogP contribution in [0.5, 0.6) is 0 Å². The molecule has 0 N–H and O–H groups in total. The van der Waals surface area contributed by atoms with Gasteiger partial charge in [0.2, 0.25) is 11.8 Å². The normalized spacial score (nSPS) is 30.1. The number of nitrogens with zero attached hydrogens (tertiary/aromatic N) is 1. The Balaban J connectivity index is 2.00. The van der Waals surface area contributed by atoms with E-state index in [0.717, 1.165) is 24.2 Å². The summed E-state index contributed by atoms with van der Waals surface area (Å²) in [7, 11) is 0. The zero-order valence-corrected chi connectivity index (χ0v) is 11.7. The summed E-state index contributed by atoms with van der Waals surface area (Å²) >= 11 is 0. The first kappa shape index (κ1) is 14.0. The van der Waals surface area contributed by atoms with Crippen molar-refractivity contribution >= 4 is 17.8 Å². The van der Waals surface area contributed by atoms with Crippen molar-refractivity contribution in [1.29, 1.82) is 0 Å². The van der Waals surface area contributed by atoms with Gasteiger partial charge >= 0.3 is 5.97 Å². The van der Waals surface area contributed by atoms with Gasteiger partial charge in [0, 0.05) is 0 Å². The predicted octanol–water partition coefficient (Wildman–Crippen LogP) is 1.36. The van der Waals surface area contributed by atoms with E-state index in [1.807, 2.05) is 0 Å². The molecule has 1 aliphatic heterocycles. The molecule has 5 nitrogen and oxygen atoms in total. The number of esters is 1. The molecule has 0 aromatic heterocycles. The molecule has 1 aliphatic carbocycles. The van der Waals surface area contributed by atoms with Gasteiger partial charge < -0.3 is 4.74 Å². The Hall–Kier alpha value is -1.39. The molecule has 2 aliphatic rings. The van der Waals surface area contributed by atoms with Crippen LogP contribution in [-0.4, -0.2) is 35.3 Å². The maximum absolute atomic E-state index is 12.2. The van der Waals surface area contributed by atoms with E-state index < -0.39 is 5.97 Å². The Morgan fingerprint density at radius 2 is 1.79 bits per heavy atom. The Labute approximate surface area is 113 Å². The van der Waals surface area contributed by atoms with E-state index in [1.54, 1.807) is 13.8 Å². The van der Waals surface area contributed by atoms with Gasteiger partial charge in [0.25, 0.3) is 0 Å². The van der Waals surface area contributed by atoms with Gasteiger partial charge in [0.05, 0.1) is 17.9 Å². The summed E-state index contributed by atoms with van der Waals surface area (Å²) in [5, 5.41) is 0. The third-order valence-corrected chi connectivity index (χ3v) is 4.06. The van der Waals surface area contributed by atoms with Gasteiger partial charge in [-0.25, -0.2) is 0 Å². The SMILES string of the molecule is CCC1CC2C(=O)N(CC(=O)OC(C)C)C(=O)C2C1. The maximum atomic E-state index is 12.2. The summed E-state index contributed by atoms with van der Waals surface area (Å²) in [6, 6.07) is 0. The topological polar surface area (TPSA) is 63.7 Å². The molecule has 19 heavy (non-hydrogen) atoms. The lowest BCUT2D eigenvalue weighted by Crippen LogP contribution is -2.38. The Morgan fingerprint density at radius 1 is 1.26 bits per heavy atom. The number of amides is 2. The standard InChI is InChI=1S/C14H21NO4/c1-4-9-5-10-11(6-9)14(18)15(13(10)17)7-12(16)19-8(2)3/h8-11H,4-7H2,1-3H3. The second kappa shape index (κ2) is 5.31. The van der Waals surface area contributed by atoms with Crippen molar-refractivity contribution in [1.82, 2.24) is 4.90 Å². The van der Waals surface area contributed by atoms with Crippen LogP contribution >= 0.6 is 0 Å². The second-order valence-corrected chi connectivity index (χ2v) is 5.76. The maximum Gasteiger partial charge on any atom is 0.326 e. The smallest absolute Gasteiger partial charge is 0.326 e. The number of carbonyl (C=O) groups is 3. The molecule has 2 rings (SSSR count). The number of likely N-dealkylation sites (tertiary alicyclic amines) is 1. The molecule has 1 saturated heterocycles. The highest BCUT2D eigenvalue weighted by Crippen LogP contribution is 2.44. The van der Waals surface area contributed by atoms with Crippen molar-refractivity contribution in [3.63, 3.8) is 0 Å². The van der Waals surface area contributed by atoms with Gasteiger partial charge in [-0.05, 0) is 32.6 Å². The molecule has 5 heteroatoms. The van der Waals surface area contributed by atoms with Gasteiger partial charge in [-0.15, -0.1) is 0 Å². The van der Waals surface area contributed by atoms with Crippen LogP contribution in [0, 0.1) is 17.8 Å². The summed E-state index contributed by atoms with van der Waals surface area (Å²) in [4.78, 5) is 37.0. The average Bonchev–Trinajstić information content (AvgIpc) is 2.84. The van der Waals surface area contributed by atoms with E-state index in [-0.39, 0.29) is 36.3 Å². The fourth-order valence-corrected chi connectivity index (χ4v) is 3.12. The van der Waals surface area contributed by atoms with Crippen molar-refractivity contribution in [2.75, 3.05) is 6.54 Å². The zero-order chi connectivity index (χ0) is 14.2. The first-order chi connectivity index (χ1) is 8.93. The van der Waals surface area contributed by atoms with E-state index >= 15 is 0 Å². The Kier molecular flexibility index (Phi) is 3.92. The summed E-state index contributed by atoms with van der Waals surface area (Å²) in [5.74, 6) is -0.830. The van der Waals surface area contributed by atoms with Gasteiger partial charge in [0.1, 0.15) is 6.54 Å². The molecule has 0 aromatic rings. The van der Waals surface area contributed by atoms with Gasteiger partial charge in [-0.1, -0.05) is 13.3 Å². The fraction of sp³-hybridized carbons (Fsp3) is 0.786. The molecular formula is C14H21NO4. The molecular weight excluding hydrogens is 246 g/mol. The Morgan fingerprint density at radius 3 is 2.21 bits per heavy atom. The first-order valence-electron chi connectivity index (χ1n) is 6.98. The number of imide groups is 1. The van der Waals surface area contributed by atoms with Crippen LogP contribution in [0.15, 0.2) is 0 Å². The third kappa shape index (κ3) is 2.65. The number of fused-ring (bicyclic) bond motifs is 1. The Bertz CT molecular complexity index is 380. The van der Waals surface area contributed by atoms with Gasteiger partial charge in [0.15, 0.2) is 0 Å². The van der Waals surface area contributed by atoms with Crippen molar-refractivity contribution in [2.24, 2.45) is 17.8 Å². The van der Waals surface area contributed by atoms with E-state index in [0.29, 0.717) is 5.92 Å². The molecule has 106 valence electrons. The summed E-state index contributed by atoms with van der Waals surface area (Å²) in [6.45, 7) is 5.33. The zero-order valence-electron chi connectivity index (χ0n) is 11.7. The molecule has 1 heterocycles. The molecule has 1 saturated carbocycles. The highest BCUT2D eigenvalue weighted by Gasteiger charge is 2.52. The lowest BCUT2D eigenvalue weighted by molar-refractivity contribution is -0.155. The highest BCUT2D eigenvalue weighted by molar-refractivity contribution is 6.07. The largest absolute Gasteiger partial charge is 0.462 e. The van der Waals surface area contributed by atoms with E-state index in [4.69, 9.17) is 4.74 Å². The second-order valence-electron chi connectivity index (χ2n) is 5.76. The third-order valence-electron chi connectivity index (χ3n) is 4.06. The molecule has 0 aromatic carbocycles. The van der Waals surface area contributed by atoms with Gasteiger partial charge in [-0.3, -0.25) is 19.3 Å². The number of carbonyl (C=O) groups excluding carboxylic acids is 3. The minimum atomic E-state index is -0.510. The first-order valence-corrected chi connectivity index (χ1v) is 6.98. The summed E-state index contributed by atoms with van der Waals surface area (Å²) in [6.07, 6.45) is 2.33. The minimum Gasteiger partial charge on any atom is -0.462 e. The van der Waals surface area contributed by atoms with Crippen molar-refractivity contribution in [2.45, 2.75) is 46.1 Å². The van der Waals surface area contributed by atoms with Crippen molar-refractivity contribution in [3.8, 4) is 0 Å². The van der Waals surface area contributed by atoms with E-state index in [9.17, 15) is 14.4 Å². The fourth-order valence-electron chi connectivity index (χ4n) is 3.12. The molecule has 2 fully saturated rings. The average molecular weight is 267 g/mol. The molecule has 2 unspecified atom stereocenters. The quantitative estimate of drug-likeness (QED) is 0.570. The van der Waals surface area contributed by atoms with Crippen LogP contribution in [0.3, 0.4) is 0 Å². The minimum absolute atomic E-state index is 0.188. The molecule has 2 atom stereocenters. The number of rotatable bonds is 4. The van der Waals surface area contributed by atoms with Crippen LogP contribution in [0.25, 0.3) is 0 Å². The van der Waals surface area contributed by atoms with Crippen molar-refractivity contribution in [3.05, 3.63) is 0 Å². The molecule has 0 spiro atoms. The number of hydrogen-bond acceptors (Lipinski definition) is 4. The monoisotopic (exact) mass is 267 g/mol. The van der Waals surface area contributed by atoms with Crippen LogP contribution < -0.4 is 0 Å². The van der Waals surface area contributed by atoms with E-state index in [2.05, 4.69) is 6.92 Å². The lowest BCUT2D eigenvalue weighted by atomic mass is 10.00. The van der Waals surface area contributed by atoms with Crippen LogP contribution in [-0.2, 0) is 19.1 Å². The van der Waals surface area contributed by atoms with Crippen LogP contribution in [0.4, 0.5) is 0 Å². The van der Waals surface area contributed by atoms with Gasteiger partial charge in [-0.2, -0.15) is 0 Å². The van der Waals surface area contributed by atoms with Crippen LogP contribution in [0.1, 0.15) is 40.0 Å². The molecule has 0 bridgehead atoms. The summed E-state index contributed by atoms with van der Waals surface area (Å²) < 4.78 is 4.99. The molecule has 2 amide bonds.